The molecule has 31 heavy (non-hydrogen) atoms. The first-order valence-corrected chi connectivity index (χ1v) is 11.5. The number of sulfone groups is 1. The molecule has 3 aromatic carbocycles. The van der Waals surface area contributed by atoms with E-state index in [2.05, 4.69) is 5.32 Å². The van der Waals surface area contributed by atoms with Gasteiger partial charge in [0.1, 0.15) is 17.5 Å². The van der Waals surface area contributed by atoms with Gasteiger partial charge < -0.3 is 5.32 Å². The molecule has 0 aromatic heterocycles. The zero-order valence-electron chi connectivity index (χ0n) is 15.7. The minimum Gasteiger partial charge on any atom is -0.320 e. The summed E-state index contributed by atoms with van der Waals surface area (Å²) in [6.07, 6.45) is 1.59. The number of anilines is 1. The number of thioether (sulfide) groups is 1. The molecule has 1 amide bonds. The number of amides is 1. The van der Waals surface area contributed by atoms with Crippen molar-refractivity contribution < 1.29 is 26.4 Å². The molecule has 0 radical (unpaired) electrons. The molecule has 1 aliphatic heterocycles. The molecular weight excluding hydrogens is 447 g/mol. The fourth-order valence-corrected chi connectivity index (χ4v) is 5.31. The van der Waals surface area contributed by atoms with Crippen molar-refractivity contribution in [3.8, 4) is 0 Å². The first kappa shape index (κ1) is 21.2. The summed E-state index contributed by atoms with van der Waals surface area (Å²) >= 11 is 1.13. The normalized spacial score (nSPS) is 14.9. The van der Waals surface area contributed by atoms with E-state index in [1.54, 1.807) is 6.08 Å². The lowest BCUT2D eigenvalue weighted by Crippen LogP contribution is -2.18. The van der Waals surface area contributed by atoms with E-state index in [4.69, 9.17) is 0 Å². The van der Waals surface area contributed by atoms with Crippen molar-refractivity contribution in [1.29, 1.82) is 0 Å². The van der Waals surface area contributed by atoms with Crippen molar-refractivity contribution in [3.63, 3.8) is 0 Å². The Bertz CT molecular complexity index is 1300. The van der Waals surface area contributed by atoms with E-state index in [9.17, 15) is 26.4 Å². The van der Waals surface area contributed by atoms with Gasteiger partial charge in [-0.1, -0.05) is 30.0 Å². The number of carbonyl (C=O) groups excluding carboxylic acids is 1. The quantitative estimate of drug-likeness (QED) is 0.545. The average molecular weight is 461 g/mol. The second-order valence-corrected chi connectivity index (χ2v) is 9.81. The Morgan fingerprint density at radius 3 is 2.29 bits per heavy atom. The molecule has 1 heterocycles. The Morgan fingerprint density at radius 2 is 1.61 bits per heavy atom. The van der Waals surface area contributed by atoms with Crippen LogP contribution in [0.3, 0.4) is 0 Å². The van der Waals surface area contributed by atoms with Crippen molar-refractivity contribution in [2.45, 2.75) is 15.5 Å². The van der Waals surface area contributed by atoms with E-state index in [1.807, 2.05) is 0 Å². The molecule has 0 bridgehead atoms. The van der Waals surface area contributed by atoms with E-state index in [1.165, 1.54) is 42.5 Å². The van der Waals surface area contributed by atoms with Gasteiger partial charge >= 0.3 is 0 Å². The number of fused-ring (bicyclic) bond motifs is 1. The summed E-state index contributed by atoms with van der Waals surface area (Å²) in [4.78, 5) is 13.2. The Kier molecular flexibility index (Phi) is 5.63. The van der Waals surface area contributed by atoms with Crippen LogP contribution in [0, 0.1) is 17.5 Å². The number of halogens is 3. The van der Waals surface area contributed by atoms with Crippen molar-refractivity contribution in [2.24, 2.45) is 0 Å². The second-order valence-electron chi connectivity index (χ2n) is 6.73. The Hall–Kier alpha value is -3.04. The second kappa shape index (κ2) is 8.24. The van der Waals surface area contributed by atoms with Crippen LogP contribution in [-0.4, -0.2) is 14.3 Å². The standard InChI is InChI=1S/C22H14F3NO3S2/c23-14-6-4-13(5-7-14)10-21-22(27)26-19-11-15(8-9-20(19)30-21)31(28,29)12-16-17(24)2-1-3-18(16)25/h1-11H,12H2,(H,26,27)/b21-10+. The zero-order valence-corrected chi connectivity index (χ0v) is 17.4. The highest BCUT2D eigenvalue weighted by Gasteiger charge is 2.25. The third-order valence-corrected chi connectivity index (χ3v) is 7.31. The highest BCUT2D eigenvalue weighted by Crippen LogP contribution is 2.40. The molecule has 1 aliphatic rings. The molecule has 0 aliphatic carbocycles. The van der Waals surface area contributed by atoms with Crippen molar-refractivity contribution in [2.75, 3.05) is 5.32 Å². The molecule has 4 rings (SSSR count). The van der Waals surface area contributed by atoms with Gasteiger partial charge in [-0.05, 0) is 54.1 Å². The molecule has 158 valence electrons. The van der Waals surface area contributed by atoms with E-state index >= 15 is 0 Å². The fraction of sp³-hybridized carbons (Fsp3) is 0.0455. The molecule has 0 saturated heterocycles. The molecule has 9 heteroatoms. The summed E-state index contributed by atoms with van der Waals surface area (Å²) in [6.45, 7) is 0. The van der Waals surface area contributed by atoms with Gasteiger partial charge in [0.05, 0.1) is 21.2 Å². The molecule has 0 atom stereocenters. The highest BCUT2D eigenvalue weighted by molar-refractivity contribution is 8.04. The predicted octanol–water partition coefficient (Wildman–Crippen LogP) is 5.16. The van der Waals surface area contributed by atoms with Crippen molar-refractivity contribution in [3.05, 3.63) is 94.1 Å². The molecule has 3 aromatic rings. The number of hydrogen-bond acceptors (Lipinski definition) is 4. The maximum atomic E-state index is 13.9. The van der Waals surface area contributed by atoms with Gasteiger partial charge in [0, 0.05) is 10.5 Å². The summed E-state index contributed by atoms with van der Waals surface area (Å²) in [6, 6.07) is 12.9. The van der Waals surface area contributed by atoms with E-state index in [0.717, 1.165) is 30.0 Å². The van der Waals surface area contributed by atoms with Crippen LogP contribution >= 0.6 is 11.8 Å². The summed E-state index contributed by atoms with van der Waals surface area (Å²) in [5.41, 5.74) is 0.373. The topological polar surface area (TPSA) is 63.2 Å². The fourth-order valence-electron chi connectivity index (χ4n) is 2.99. The van der Waals surface area contributed by atoms with Crippen molar-refractivity contribution in [1.82, 2.24) is 0 Å². The summed E-state index contributed by atoms with van der Waals surface area (Å²) < 4.78 is 66.2. The molecule has 0 saturated carbocycles. The third-order valence-electron chi connectivity index (χ3n) is 4.57. The minimum atomic E-state index is -4.07. The SMILES string of the molecule is O=C1Nc2cc(S(=O)(=O)Cc3c(F)cccc3F)ccc2S/C1=C/c1ccc(F)cc1. The molecule has 0 spiro atoms. The summed E-state index contributed by atoms with van der Waals surface area (Å²) in [7, 11) is -4.07. The van der Waals surface area contributed by atoms with Crippen LogP contribution in [0.2, 0.25) is 0 Å². The van der Waals surface area contributed by atoms with E-state index in [0.29, 0.717) is 15.4 Å². The maximum Gasteiger partial charge on any atom is 0.262 e. The number of carbonyl (C=O) groups is 1. The maximum absolute atomic E-state index is 13.9. The summed E-state index contributed by atoms with van der Waals surface area (Å²) in [5, 5.41) is 2.63. The molecule has 1 N–H and O–H groups in total. The monoisotopic (exact) mass is 461 g/mol. The Labute approximate surface area is 180 Å². The van der Waals surface area contributed by atoms with Crippen molar-refractivity contribution >= 4 is 39.3 Å². The van der Waals surface area contributed by atoms with E-state index < -0.39 is 44.5 Å². The first-order valence-electron chi connectivity index (χ1n) is 8.99. The largest absolute Gasteiger partial charge is 0.320 e. The third kappa shape index (κ3) is 4.52. The minimum absolute atomic E-state index is 0.166. The van der Waals surface area contributed by atoms with Gasteiger partial charge in [0.15, 0.2) is 9.84 Å². The highest BCUT2D eigenvalue weighted by atomic mass is 32.2. The van der Waals surface area contributed by atoms with Crippen LogP contribution in [-0.2, 0) is 20.4 Å². The van der Waals surface area contributed by atoms with E-state index in [-0.39, 0.29) is 10.6 Å². The van der Waals surface area contributed by atoms with Gasteiger partial charge in [-0.3, -0.25) is 4.79 Å². The number of benzene rings is 3. The number of nitrogens with one attached hydrogen (secondary N) is 1. The zero-order chi connectivity index (χ0) is 22.2. The molecule has 4 nitrogen and oxygen atoms in total. The van der Waals surface area contributed by atoms with Gasteiger partial charge in [-0.2, -0.15) is 0 Å². The van der Waals surface area contributed by atoms with Gasteiger partial charge in [0.2, 0.25) is 0 Å². The van der Waals surface area contributed by atoms with Gasteiger partial charge in [-0.25, -0.2) is 21.6 Å². The summed E-state index contributed by atoms with van der Waals surface area (Å²) in [5.74, 6) is -3.57. The molecule has 0 fully saturated rings. The lowest BCUT2D eigenvalue weighted by molar-refractivity contribution is -0.112. The van der Waals surface area contributed by atoms with Crippen LogP contribution in [0.4, 0.5) is 18.9 Å². The Balaban J connectivity index is 1.62. The number of rotatable bonds is 4. The smallest absolute Gasteiger partial charge is 0.262 e. The average Bonchev–Trinajstić information content (AvgIpc) is 2.72. The Morgan fingerprint density at radius 1 is 0.935 bits per heavy atom. The predicted molar refractivity (Wildman–Crippen MR) is 113 cm³/mol. The van der Waals surface area contributed by atoms with Crippen LogP contribution in [0.15, 0.2) is 75.4 Å². The lowest BCUT2D eigenvalue weighted by atomic mass is 10.2. The van der Waals surface area contributed by atoms with Crippen LogP contribution in [0.5, 0.6) is 0 Å². The lowest BCUT2D eigenvalue weighted by Gasteiger charge is -2.19. The molecule has 0 unspecified atom stereocenters. The van der Waals surface area contributed by atoms with Gasteiger partial charge in [-0.15, -0.1) is 0 Å². The van der Waals surface area contributed by atoms with Crippen LogP contribution in [0.25, 0.3) is 6.08 Å². The molecular formula is C22H14F3NO3S2. The van der Waals surface area contributed by atoms with Gasteiger partial charge in [0.25, 0.3) is 5.91 Å². The van der Waals surface area contributed by atoms with Crippen LogP contribution < -0.4 is 5.32 Å². The number of hydrogen-bond donors (Lipinski definition) is 1. The van der Waals surface area contributed by atoms with Crippen LogP contribution in [0.1, 0.15) is 11.1 Å². The first-order chi connectivity index (χ1) is 14.7.